The van der Waals surface area contributed by atoms with Crippen LogP contribution in [-0.4, -0.2) is 23.2 Å². The molecular formula is C9H15N3O. The van der Waals surface area contributed by atoms with Crippen molar-refractivity contribution in [2.45, 2.75) is 32.6 Å². The Morgan fingerprint density at radius 2 is 1.85 bits per heavy atom. The van der Waals surface area contributed by atoms with E-state index in [4.69, 9.17) is 4.52 Å². The molecule has 1 aliphatic heterocycles. The summed E-state index contributed by atoms with van der Waals surface area (Å²) in [6, 6.07) is 0.694. The summed E-state index contributed by atoms with van der Waals surface area (Å²) in [4.78, 5) is 6.41. The highest BCUT2D eigenvalue weighted by atomic mass is 16.5. The molecule has 0 bridgehead atoms. The first kappa shape index (κ1) is 8.53. The number of aromatic nitrogens is 2. The van der Waals surface area contributed by atoms with Gasteiger partial charge in [-0.1, -0.05) is 18.0 Å². The Bertz CT molecular complexity index is 264. The number of aryl methyl sites for hydroxylation is 1. The van der Waals surface area contributed by atoms with Crippen LogP contribution in [0.15, 0.2) is 4.52 Å². The van der Waals surface area contributed by atoms with Crippen LogP contribution in [0, 0.1) is 6.92 Å². The van der Waals surface area contributed by atoms with Crippen LogP contribution in [0.5, 0.6) is 0 Å². The molecule has 4 nitrogen and oxygen atoms in total. The van der Waals surface area contributed by atoms with Crippen molar-refractivity contribution in [1.82, 2.24) is 10.1 Å². The van der Waals surface area contributed by atoms with Gasteiger partial charge in [0, 0.05) is 13.1 Å². The van der Waals surface area contributed by atoms with Gasteiger partial charge in [-0.05, 0) is 19.8 Å². The van der Waals surface area contributed by atoms with Gasteiger partial charge in [-0.25, -0.2) is 0 Å². The molecule has 0 unspecified atom stereocenters. The van der Waals surface area contributed by atoms with Gasteiger partial charge in [0.15, 0.2) is 5.82 Å². The van der Waals surface area contributed by atoms with Crippen LogP contribution in [0.4, 0.5) is 6.01 Å². The SMILES string of the molecule is Cc1noc(N2CCCCCC2)n1. The summed E-state index contributed by atoms with van der Waals surface area (Å²) in [6.07, 6.45) is 5.12. The molecule has 2 rings (SSSR count). The molecule has 2 heterocycles. The van der Waals surface area contributed by atoms with Gasteiger partial charge in [-0.2, -0.15) is 4.98 Å². The van der Waals surface area contributed by atoms with Gasteiger partial charge in [-0.15, -0.1) is 0 Å². The maximum Gasteiger partial charge on any atom is 0.324 e. The molecule has 0 amide bonds. The summed E-state index contributed by atoms with van der Waals surface area (Å²) in [5, 5.41) is 3.79. The fourth-order valence-corrected chi connectivity index (χ4v) is 1.68. The van der Waals surface area contributed by atoms with E-state index in [-0.39, 0.29) is 0 Å². The van der Waals surface area contributed by atoms with E-state index >= 15 is 0 Å². The molecule has 1 fully saturated rings. The van der Waals surface area contributed by atoms with E-state index < -0.39 is 0 Å². The molecule has 0 radical (unpaired) electrons. The van der Waals surface area contributed by atoms with Crippen LogP contribution in [0.1, 0.15) is 31.5 Å². The van der Waals surface area contributed by atoms with Crippen molar-refractivity contribution in [2.24, 2.45) is 0 Å². The van der Waals surface area contributed by atoms with Crippen LogP contribution in [0.25, 0.3) is 0 Å². The predicted octanol–water partition coefficient (Wildman–Crippen LogP) is 1.76. The molecule has 1 saturated heterocycles. The summed E-state index contributed by atoms with van der Waals surface area (Å²) < 4.78 is 5.12. The van der Waals surface area contributed by atoms with Crippen LogP contribution in [0.2, 0.25) is 0 Å². The first-order valence-electron chi connectivity index (χ1n) is 4.91. The zero-order chi connectivity index (χ0) is 9.10. The highest BCUT2D eigenvalue weighted by Crippen LogP contribution is 2.16. The van der Waals surface area contributed by atoms with Crippen molar-refractivity contribution < 1.29 is 4.52 Å². The zero-order valence-corrected chi connectivity index (χ0v) is 7.99. The Kier molecular flexibility index (Phi) is 2.47. The number of nitrogens with zero attached hydrogens (tertiary/aromatic N) is 3. The standard InChI is InChI=1S/C9H15N3O/c1-8-10-9(13-11-8)12-6-4-2-3-5-7-12/h2-7H2,1H3. The van der Waals surface area contributed by atoms with E-state index in [1.807, 2.05) is 6.92 Å². The second-order valence-electron chi connectivity index (χ2n) is 3.53. The van der Waals surface area contributed by atoms with Gasteiger partial charge in [0.1, 0.15) is 0 Å². The summed E-state index contributed by atoms with van der Waals surface area (Å²) in [5.41, 5.74) is 0. The molecular weight excluding hydrogens is 166 g/mol. The van der Waals surface area contributed by atoms with Gasteiger partial charge >= 0.3 is 6.01 Å². The Balaban J connectivity index is 2.06. The number of rotatable bonds is 1. The van der Waals surface area contributed by atoms with Crippen LogP contribution in [0.3, 0.4) is 0 Å². The lowest BCUT2D eigenvalue weighted by molar-refractivity contribution is 0.409. The van der Waals surface area contributed by atoms with Gasteiger partial charge in [0.05, 0.1) is 0 Å². The van der Waals surface area contributed by atoms with Crippen molar-refractivity contribution in [3.8, 4) is 0 Å². The van der Waals surface area contributed by atoms with Crippen LogP contribution >= 0.6 is 0 Å². The largest absolute Gasteiger partial charge is 0.324 e. The Hall–Kier alpha value is -1.06. The van der Waals surface area contributed by atoms with E-state index in [0.717, 1.165) is 18.9 Å². The van der Waals surface area contributed by atoms with Crippen molar-refractivity contribution in [1.29, 1.82) is 0 Å². The summed E-state index contributed by atoms with van der Waals surface area (Å²) >= 11 is 0. The lowest BCUT2D eigenvalue weighted by Crippen LogP contribution is -2.24. The number of anilines is 1. The fourth-order valence-electron chi connectivity index (χ4n) is 1.68. The maximum atomic E-state index is 5.12. The second-order valence-corrected chi connectivity index (χ2v) is 3.53. The Morgan fingerprint density at radius 1 is 1.15 bits per heavy atom. The van der Waals surface area contributed by atoms with Gasteiger partial charge in [0.25, 0.3) is 0 Å². The van der Waals surface area contributed by atoms with E-state index in [1.165, 1.54) is 25.7 Å². The third kappa shape index (κ3) is 1.99. The second kappa shape index (κ2) is 3.77. The van der Waals surface area contributed by atoms with E-state index in [0.29, 0.717) is 6.01 Å². The zero-order valence-electron chi connectivity index (χ0n) is 7.99. The highest BCUT2D eigenvalue weighted by Gasteiger charge is 2.14. The van der Waals surface area contributed by atoms with Crippen molar-refractivity contribution in [3.05, 3.63) is 5.82 Å². The van der Waals surface area contributed by atoms with E-state index in [9.17, 15) is 0 Å². The topological polar surface area (TPSA) is 42.2 Å². The smallest absolute Gasteiger partial charge is 0.324 e. The minimum Gasteiger partial charge on any atom is -0.324 e. The maximum absolute atomic E-state index is 5.12. The lowest BCUT2D eigenvalue weighted by atomic mass is 10.2. The molecule has 1 aromatic rings. The van der Waals surface area contributed by atoms with Crippen LogP contribution in [-0.2, 0) is 0 Å². The molecule has 1 aromatic heterocycles. The van der Waals surface area contributed by atoms with Gasteiger partial charge < -0.3 is 9.42 Å². The molecule has 1 aliphatic rings. The Morgan fingerprint density at radius 3 is 2.38 bits per heavy atom. The minimum atomic E-state index is 0.694. The van der Waals surface area contributed by atoms with E-state index in [2.05, 4.69) is 15.0 Å². The third-order valence-electron chi connectivity index (χ3n) is 2.39. The molecule has 0 atom stereocenters. The van der Waals surface area contributed by atoms with Crippen LogP contribution < -0.4 is 4.90 Å². The van der Waals surface area contributed by atoms with Gasteiger partial charge in [-0.3, -0.25) is 0 Å². The molecule has 72 valence electrons. The monoisotopic (exact) mass is 181 g/mol. The fraction of sp³-hybridized carbons (Fsp3) is 0.778. The van der Waals surface area contributed by atoms with Crippen molar-refractivity contribution in [2.75, 3.05) is 18.0 Å². The number of hydrogen-bond acceptors (Lipinski definition) is 4. The molecule has 0 saturated carbocycles. The van der Waals surface area contributed by atoms with Crippen molar-refractivity contribution >= 4 is 6.01 Å². The molecule has 0 aromatic carbocycles. The molecule has 0 spiro atoms. The first-order chi connectivity index (χ1) is 6.36. The number of hydrogen-bond donors (Lipinski definition) is 0. The van der Waals surface area contributed by atoms with Crippen molar-refractivity contribution in [3.63, 3.8) is 0 Å². The summed E-state index contributed by atoms with van der Waals surface area (Å²) in [6.45, 7) is 3.97. The highest BCUT2D eigenvalue weighted by molar-refractivity contribution is 5.24. The quantitative estimate of drug-likeness (QED) is 0.662. The normalized spacial score (nSPS) is 18.7. The molecule has 0 N–H and O–H groups in total. The molecule has 4 heteroatoms. The summed E-state index contributed by atoms with van der Waals surface area (Å²) in [7, 11) is 0. The summed E-state index contributed by atoms with van der Waals surface area (Å²) in [5.74, 6) is 0.722. The third-order valence-corrected chi connectivity index (χ3v) is 2.39. The minimum absolute atomic E-state index is 0.694. The lowest BCUT2D eigenvalue weighted by Gasteiger charge is -2.15. The average Bonchev–Trinajstić information content (AvgIpc) is 2.43. The predicted molar refractivity (Wildman–Crippen MR) is 49.7 cm³/mol. The van der Waals surface area contributed by atoms with Gasteiger partial charge in [0.2, 0.25) is 0 Å². The average molecular weight is 181 g/mol. The Labute approximate surface area is 77.9 Å². The molecule has 0 aliphatic carbocycles. The first-order valence-corrected chi connectivity index (χ1v) is 4.91. The van der Waals surface area contributed by atoms with E-state index in [1.54, 1.807) is 0 Å². The molecule has 13 heavy (non-hydrogen) atoms.